The van der Waals surface area contributed by atoms with Gasteiger partial charge >= 0.3 is 0 Å². The number of rotatable bonds is 2. The number of phenolic OH excluding ortho intramolecular Hbond substituents is 1. The van der Waals surface area contributed by atoms with Gasteiger partial charge in [-0.05, 0) is 59.0 Å². The van der Waals surface area contributed by atoms with Crippen LogP contribution in [0.3, 0.4) is 0 Å². The van der Waals surface area contributed by atoms with Gasteiger partial charge in [-0.3, -0.25) is 0 Å². The van der Waals surface area contributed by atoms with Gasteiger partial charge in [0, 0.05) is 12.5 Å². The maximum Gasteiger partial charge on any atom is 0.133 e. The second kappa shape index (κ2) is 4.54. The molecule has 1 rings (SSSR count). The van der Waals surface area contributed by atoms with Gasteiger partial charge in [-0.1, -0.05) is 6.92 Å². The molecular weight excluding hydrogens is 256 g/mol. The first-order valence-electron chi connectivity index (χ1n) is 5.00. The highest BCUT2D eigenvalue weighted by Crippen LogP contribution is 2.38. The fraction of sp³-hybridized carbons (Fsp3) is 0.500. The smallest absolute Gasteiger partial charge is 0.133 e. The lowest BCUT2D eigenvalue weighted by atomic mass is 9.89. The molecule has 0 aliphatic rings. The fourth-order valence-electron chi connectivity index (χ4n) is 1.95. The first-order chi connectivity index (χ1) is 6.91. The molecular formula is C12H17BrO2. The van der Waals surface area contributed by atoms with Gasteiger partial charge in [0.05, 0.1) is 4.47 Å². The highest BCUT2D eigenvalue weighted by Gasteiger charge is 2.18. The Morgan fingerprint density at radius 2 is 1.67 bits per heavy atom. The highest BCUT2D eigenvalue weighted by molar-refractivity contribution is 9.10. The Morgan fingerprint density at radius 3 is 2.13 bits per heavy atom. The largest absolute Gasteiger partial charge is 0.506 e. The van der Waals surface area contributed by atoms with E-state index in [-0.39, 0.29) is 12.5 Å². The van der Waals surface area contributed by atoms with Crippen molar-refractivity contribution in [2.24, 2.45) is 0 Å². The predicted octanol–water partition coefficient (Wildman–Crippen LogP) is 3.18. The van der Waals surface area contributed by atoms with Crippen LogP contribution in [0.5, 0.6) is 5.75 Å². The lowest BCUT2D eigenvalue weighted by Crippen LogP contribution is -2.06. The molecule has 0 aromatic heterocycles. The van der Waals surface area contributed by atoms with Crippen LogP contribution in [-0.4, -0.2) is 16.8 Å². The molecule has 0 amide bonds. The minimum atomic E-state index is 0.0978. The topological polar surface area (TPSA) is 40.5 Å². The quantitative estimate of drug-likeness (QED) is 0.868. The van der Waals surface area contributed by atoms with Crippen molar-refractivity contribution in [3.05, 3.63) is 26.7 Å². The molecule has 1 unspecified atom stereocenters. The molecule has 2 nitrogen and oxygen atoms in total. The Bertz CT molecular complexity index is 357. The summed E-state index contributed by atoms with van der Waals surface area (Å²) in [7, 11) is 0. The van der Waals surface area contributed by atoms with E-state index in [0.717, 1.165) is 26.7 Å². The molecule has 0 radical (unpaired) electrons. The van der Waals surface area contributed by atoms with Gasteiger partial charge in [0.15, 0.2) is 0 Å². The van der Waals surface area contributed by atoms with Crippen LogP contribution >= 0.6 is 15.9 Å². The van der Waals surface area contributed by atoms with Gasteiger partial charge < -0.3 is 10.2 Å². The number of benzene rings is 1. The predicted molar refractivity (Wildman–Crippen MR) is 65.5 cm³/mol. The van der Waals surface area contributed by atoms with Gasteiger partial charge in [-0.15, -0.1) is 0 Å². The summed E-state index contributed by atoms with van der Waals surface area (Å²) in [6.07, 6.45) is 0. The summed E-state index contributed by atoms with van der Waals surface area (Å²) >= 11 is 3.38. The molecule has 2 N–H and O–H groups in total. The molecule has 0 aliphatic heterocycles. The van der Waals surface area contributed by atoms with Crippen molar-refractivity contribution in [1.29, 1.82) is 0 Å². The van der Waals surface area contributed by atoms with Crippen molar-refractivity contribution in [3.63, 3.8) is 0 Å². The zero-order valence-corrected chi connectivity index (χ0v) is 11.1. The van der Waals surface area contributed by atoms with Crippen LogP contribution in [0, 0.1) is 20.8 Å². The van der Waals surface area contributed by atoms with Crippen LogP contribution < -0.4 is 0 Å². The number of aliphatic hydroxyl groups excluding tert-OH is 1. The van der Waals surface area contributed by atoms with E-state index in [1.807, 2.05) is 27.7 Å². The molecule has 0 bridgehead atoms. The summed E-state index contributed by atoms with van der Waals surface area (Å²) in [6, 6.07) is 0. The van der Waals surface area contributed by atoms with Crippen molar-refractivity contribution < 1.29 is 10.2 Å². The van der Waals surface area contributed by atoms with E-state index in [0.29, 0.717) is 5.75 Å². The van der Waals surface area contributed by atoms with Crippen molar-refractivity contribution in [1.82, 2.24) is 0 Å². The van der Waals surface area contributed by atoms with Crippen molar-refractivity contribution in [2.45, 2.75) is 33.6 Å². The van der Waals surface area contributed by atoms with E-state index < -0.39 is 0 Å². The van der Waals surface area contributed by atoms with Crippen LogP contribution in [-0.2, 0) is 0 Å². The number of hydrogen-bond acceptors (Lipinski definition) is 2. The average Bonchev–Trinajstić information content (AvgIpc) is 2.23. The van der Waals surface area contributed by atoms with Gasteiger partial charge in [-0.25, -0.2) is 0 Å². The maximum absolute atomic E-state index is 9.84. The van der Waals surface area contributed by atoms with Crippen molar-refractivity contribution >= 4 is 15.9 Å². The van der Waals surface area contributed by atoms with Crippen LogP contribution in [0.25, 0.3) is 0 Å². The van der Waals surface area contributed by atoms with E-state index >= 15 is 0 Å². The molecule has 0 fully saturated rings. The second-order valence-electron chi connectivity index (χ2n) is 4.03. The minimum absolute atomic E-state index is 0.0978. The number of hydrogen-bond donors (Lipinski definition) is 2. The zero-order chi connectivity index (χ0) is 11.7. The fourth-order valence-corrected chi connectivity index (χ4v) is 2.46. The van der Waals surface area contributed by atoms with E-state index in [1.54, 1.807) is 0 Å². The van der Waals surface area contributed by atoms with Gasteiger partial charge in [0.25, 0.3) is 0 Å². The molecule has 0 aliphatic carbocycles. The van der Waals surface area contributed by atoms with E-state index in [1.165, 1.54) is 0 Å². The lowest BCUT2D eigenvalue weighted by molar-refractivity contribution is 0.272. The minimum Gasteiger partial charge on any atom is -0.506 e. The molecule has 1 atom stereocenters. The van der Waals surface area contributed by atoms with E-state index in [4.69, 9.17) is 0 Å². The normalized spacial score (nSPS) is 12.9. The molecule has 0 saturated heterocycles. The number of phenols is 1. The highest BCUT2D eigenvalue weighted by atomic mass is 79.9. The van der Waals surface area contributed by atoms with Crippen LogP contribution in [0.15, 0.2) is 4.47 Å². The third-order valence-corrected chi connectivity index (χ3v) is 4.00. The summed E-state index contributed by atoms with van der Waals surface area (Å²) < 4.78 is 0.737. The summed E-state index contributed by atoms with van der Waals surface area (Å²) in [5.74, 6) is 0.402. The number of aliphatic hydroxyl groups is 1. The molecule has 0 spiro atoms. The summed E-state index contributed by atoms with van der Waals surface area (Å²) in [5, 5.41) is 19.0. The Kier molecular flexibility index (Phi) is 3.79. The van der Waals surface area contributed by atoms with Crippen LogP contribution in [0.4, 0.5) is 0 Å². The Balaban J connectivity index is 3.52. The van der Waals surface area contributed by atoms with Crippen molar-refractivity contribution in [2.75, 3.05) is 6.61 Å². The Hall–Kier alpha value is -0.540. The standard InChI is InChI=1S/C12H17BrO2/c1-6(5-14)10-7(2)8(3)12(15)11(13)9(10)4/h6,14-15H,5H2,1-4H3. The molecule has 1 aromatic carbocycles. The van der Waals surface area contributed by atoms with E-state index in [9.17, 15) is 10.2 Å². The van der Waals surface area contributed by atoms with Gasteiger partial charge in [-0.2, -0.15) is 0 Å². The molecule has 15 heavy (non-hydrogen) atoms. The SMILES string of the molecule is Cc1c(C)c(C(C)CO)c(C)c(Br)c1O. The summed E-state index contributed by atoms with van der Waals surface area (Å²) in [5.41, 5.74) is 4.08. The molecule has 84 valence electrons. The first-order valence-corrected chi connectivity index (χ1v) is 5.80. The summed E-state index contributed by atoms with van der Waals surface area (Å²) in [4.78, 5) is 0. The van der Waals surface area contributed by atoms with Gasteiger partial charge in [0.2, 0.25) is 0 Å². The Labute approximate surface area is 99.1 Å². The maximum atomic E-state index is 9.84. The van der Waals surface area contributed by atoms with Crippen molar-refractivity contribution in [3.8, 4) is 5.75 Å². The molecule has 1 aromatic rings. The third kappa shape index (κ3) is 2.04. The number of halogens is 1. The number of aromatic hydroxyl groups is 1. The monoisotopic (exact) mass is 272 g/mol. The molecule has 3 heteroatoms. The van der Waals surface area contributed by atoms with Gasteiger partial charge in [0.1, 0.15) is 5.75 Å². The average molecular weight is 273 g/mol. The molecule has 0 heterocycles. The molecule has 0 saturated carbocycles. The Morgan fingerprint density at radius 1 is 1.13 bits per heavy atom. The van der Waals surface area contributed by atoms with E-state index in [2.05, 4.69) is 15.9 Å². The van der Waals surface area contributed by atoms with Crippen LogP contribution in [0.2, 0.25) is 0 Å². The third-order valence-electron chi connectivity index (χ3n) is 3.03. The summed E-state index contributed by atoms with van der Waals surface area (Å²) in [6.45, 7) is 7.94. The zero-order valence-electron chi connectivity index (χ0n) is 9.56. The first kappa shape index (κ1) is 12.5. The second-order valence-corrected chi connectivity index (χ2v) is 4.83. The van der Waals surface area contributed by atoms with Crippen LogP contribution in [0.1, 0.15) is 35.1 Å². The lowest BCUT2D eigenvalue weighted by Gasteiger charge is -2.20.